The first kappa shape index (κ1) is 30.2. The van der Waals surface area contributed by atoms with Crippen LogP contribution >= 0.6 is 0 Å². The molecule has 0 unspecified atom stereocenters. The van der Waals surface area contributed by atoms with Crippen molar-refractivity contribution in [2.24, 2.45) is 0 Å². The number of rotatable bonds is 8. The molecule has 0 saturated carbocycles. The molecular weight excluding hydrogens is 631 g/mol. The Balaban J connectivity index is 1.10. The highest BCUT2D eigenvalue weighted by atomic mass is 16.4. The number of hydrogen-bond acceptors (Lipinski definition) is 6. The minimum absolute atomic E-state index is 0.522. The summed E-state index contributed by atoms with van der Waals surface area (Å²) in [5.74, 6) is 1.11. The van der Waals surface area contributed by atoms with Crippen LogP contribution in [-0.2, 0) is 0 Å². The fraction of sp³-hybridized carbons (Fsp3) is 0.0222. The van der Waals surface area contributed by atoms with Gasteiger partial charge in [0.1, 0.15) is 22.2 Å². The summed E-state index contributed by atoms with van der Waals surface area (Å²) in [5.41, 5.74) is 11.7. The molecule has 0 spiro atoms. The molecule has 0 aliphatic carbocycles. The molecule has 0 aliphatic rings. The van der Waals surface area contributed by atoms with E-state index in [2.05, 4.69) is 90.1 Å². The summed E-state index contributed by atoms with van der Waals surface area (Å²) >= 11 is 0. The largest absolute Gasteiger partial charge is 0.455 e. The number of furan rings is 1. The monoisotopic (exact) mass is 661 g/mol. The zero-order valence-electron chi connectivity index (χ0n) is 27.8. The zero-order chi connectivity index (χ0) is 34.3. The molecule has 0 saturated heterocycles. The van der Waals surface area contributed by atoms with E-state index < -0.39 is 0 Å². The fourth-order valence-corrected chi connectivity index (χ4v) is 6.58. The molecule has 0 radical (unpaired) electrons. The van der Waals surface area contributed by atoms with Crippen LogP contribution in [0.2, 0.25) is 0 Å². The molecule has 0 N–H and O–H groups in total. The van der Waals surface area contributed by atoms with Crippen molar-refractivity contribution < 1.29 is 13.3 Å². The van der Waals surface area contributed by atoms with Crippen molar-refractivity contribution in [1.29, 1.82) is 0 Å². The van der Waals surface area contributed by atoms with Gasteiger partial charge in [-0.15, -0.1) is 0 Å². The van der Waals surface area contributed by atoms with E-state index in [1.165, 1.54) is 0 Å². The van der Waals surface area contributed by atoms with E-state index >= 15 is 0 Å². The van der Waals surface area contributed by atoms with Crippen LogP contribution in [0.25, 0.3) is 72.3 Å². The van der Waals surface area contributed by atoms with Gasteiger partial charge in [-0.2, -0.15) is 0 Å². The second kappa shape index (κ2) is 12.5. The maximum Gasteiger partial charge on any atom is 0.227 e. The van der Waals surface area contributed by atoms with E-state index in [0.717, 1.165) is 83.5 Å². The minimum atomic E-state index is 0.522. The molecule has 6 heteroatoms. The molecule has 0 fully saturated rings. The lowest BCUT2D eigenvalue weighted by molar-refractivity contribution is 0.586. The van der Waals surface area contributed by atoms with Crippen LogP contribution in [0.5, 0.6) is 0 Å². The topological polar surface area (TPSA) is 68.4 Å². The van der Waals surface area contributed by atoms with Gasteiger partial charge < -0.3 is 18.2 Å². The van der Waals surface area contributed by atoms with Crippen LogP contribution in [0.15, 0.2) is 183 Å². The lowest BCUT2D eigenvalue weighted by Crippen LogP contribution is -2.14. The average molecular weight is 662 g/mol. The van der Waals surface area contributed by atoms with Gasteiger partial charge in [0, 0.05) is 44.5 Å². The zero-order valence-corrected chi connectivity index (χ0v) is 27.8. The van der Waals surface area contributed by atoms with Gasteiger partial charge in [0.05, 0.1) is 0 Å². The van der Waals surface area contributed by atoms with Gasteiger partial charge in [-0.3, -0.25) is 0 Å². The summed E-state index contributed by atoms with van der Waals surface area (Å²) in [6.45, 7) is 6.13. The Labute approximate surface area is 293 Å². The molecular formula is C45H31N3O3. The lowest BCUT2D eigenvalue weighted by Gasteiger charge is -2.26. The van der Waals surface area contributed by atoms with Crippen molar-refractivity contribution in [3.8, 4) is 22.6 Å². The molecule has 51 heavy (non-hydrogen) atoms. The highest BCUT2D eigenvalue weighted by Crippen LogP contribution is 2.38. The number of aromatic nitrogens is 2. The number of fused-ring (bicyclic) bond motifs is 5. The van der Waals surface area contributed by atoms with Crippen LogP contribution in [0.4, 0.5) is 11.4 Å². The maximum atomic E-state index is 6.35. The second-order valence-electron chi connectivity index (χ2n) is 12.3. The Morgan fingerprint density at radius 2 is 1.18 bits per heavy atom. The number of para-hydroxylation sites is 6. The number of oxazole rings is 2. The molecule has 0 aliphatic heterocycles. The Bertz CT molecular complexity index is 2710. The van der Waals surface area contributed by atoms with Crippen molar-refractivity contribution in [2.45, 2.75) is 6.92 Å². The summed E-state index contributed by atoms with van der Waals surface area (Å²) in [6.07, 6.45) is 5.81. The van der Waals surface area contributed by atoms with Crippen molar-refractivity contribution >= 4 is 61.1 Å². The van der Waals surface area contributed by atoms with Gasteiger partial charge in [0.2, 0.25) is 11.8 Å². The van der Waals surface area contributed by atoms with Gasteiger partial charge in [0.25, 0.3) is 0 Å². The van der Waals surface area contributed by atoms with Crippen LogP contribution in [-0.4, -0.2) is 9.97 Å². The van der Waals surface area contributed by atoms with Crippen LogP contribution in [0.3, 0.4) is 0 Å². The molecule has 3 aromatic heterocycles. The smallest absolute Gasteiger partial charge is 0.227 e. The summed E-state index contributed by atoms with van der Waals surface area (Å²) in [6, 6.07) is 46.9. The van der Waals surface area contributed by atoms with E-state index in [4.69, 9.17) is 18.2 Å². The number of hydrogen-bond donors (Lipinski definition) is 0. The first-order valence-corrected chi connectivity index (χ1v) is 16.8. The Morgan fingerprint density at radius 1 is 0.569 bits per heavy atom. The van der Waals surface area contributed by atoms with Gasteiger partial charge >= 0.3 is 0 Å². The first-order chi connectivity index (χ1) is 25.1. The summed E-state index contributed by atoms with van der Waals surface area (Å²) in [5, 5.41) is 2.22. The van der Waals surface area contributed by atoms with Crippen LogP contribution in [0.1, 0.15) is 12.8 Å². The molecule has 9 rings (SSSR count). The standard InChI is InChI=1S/C45H31N3O3/c1-3-30(44-46-38-14-5-8-17-41(38)50-44)20-19-29(2)48(34-27-23-32(24-28-34)45-47-39-15-6-9-18-42(39)51-45)33-25-21-31(22-26-33)35-12-10-13-37-36-11-4-7-16-40(36)49-43(35)37/h3-28H,1H2,2H3/b29-19+,30-20+. The Kier molecular flexibility index (Phi) is 7.40. The van der Waals surface area contributed by atoms with Gasteiger partial charge in [-0.1, -0.05) is 85.5 Å². The van der Waals surface area contributed by atoms with E-state index in [1.807, 2.05) is 84.9 Å². The maximum absolute atomic E-state index is 6.35. The summed E-state index contributed by atoms with van der Waals surface area (Å²) in [7, 11) is 0. The van der Waals surface area contributed by atoms with Gasteiger partial charge in [0.15, 0.2) is 11.2 Å². The van der Waals surface area contributed by atoms with Crippen molar-refractivity contribution in [1.82, 2.24) is 9.97 Å². The van der Waals surface area contributed by atoms with E-state index in [9.17, 15) is 0 Å². The quantitative estimate of drug-likeness (QED) is 0.151. The van der Waals surface area contributed by atoms with Crippen LogP contribution in [0, 0.1) is 0 Å². The predicted molar refractivity (Wildman–Crippen MR) is 207 cm³/mol. The Morgan fingerprint density at radius 3 is 1.86 bits per heavy atom. The molecule has 0 bridgehead atoms. The molecule has 0 atom stereocenters. The number of nitrogens with zero attached hydrogens (tertiary/aromatic N) is 3. The number of benzene rings is 6. The number of anilines is 2. The van der Waals surface area contributed by atoms with E-state index in [-0.39, 0.29) is 0 Å². The third kappa shape index (κ3) is 5.49. The molecule has 9 aromatic rings. The summed E-state index contributed by atoms with van der Waals surface area (Å²) in [4.78, 5) is 11.6. The fourth-order valence-electron chi connectivity index (χ4n) is 6.58. The SMILES string of the molecule is C=C/C(=C\C=C(/C)N(c1ccc(-c2nc3ccccc3o2)cc1)c1ccc(-c2cccc3c2oc2ccccc23)cc1)c1nc2ccccc2o1. The van der Waals surface area contributed by atoms with Crippen LogP contribution < -0.4 is 4.90 Å². The van der Waals surface area contributed by atoms with E-state index in [1.54, 1.807) is 6.08 Å². The minimum Gasteiger partial charge on any atom is -0.455 e. The highest BCUT2D eigenvalue weighted by Gasteiger charge is 2.16. The second-order valence-corrected chi connectivity index (χ2v) is 12.3. The van der Waals surface area contributed by atoms with Crippen molar-refractivity contribution in [3.63, 3.8) is 0 Å². The first-order valence-electron chi connectivity index (χ1n) is 16.8. The third-order valence-electron chi connectivity index (χ3n) is 9.12. The summed E-state index contributed by atoms with van der Waals surface area (Å²) < 4.78 is 18.5. The number of allylic oxidation sites excluding steroid dienone is 5. The highest BCUT2D eigenvalue weighted by molar-refractivity contribution is 6.09. The predicted octanol–water partition coefficient (Wildman–Crippen LogP) is 12.5. The molecule has 3 heterocycles. The van der Waals surface area contributed by atoms with Gasteiger partial charge in [-0.05, 0) is 91.4 Å². The third-order valence-corrected chi connectivity index (χ3v) is 9.12. The van der Waals surface area contributed by atoms with Crippen molar-refractivity contribution in [2.75, 3.05) is 4.90 Å². The van der Waals surface area contributed by atoms with Gasteiger partial charge in [-0.25, -0.2) is 9.97 Å². The normalized spacial score (nSPS) is 12.3. The molecule has 6 aromatic carbocycles. The molecule has 244 valence electrons. The average Bonchev–Trinajstić information content (AvgIpc) is 3.91. The Hall–Kier alpha value is -6.92. The van der Waals surface area contributed by atoms with Crippen molar-refractivity contribution in [3.05, 3.63) is 176 Å². The van der Waals surface area contributed by atoms with E-state index in [0.29, 0.717) is 11.8 Å². The molecule has 0 amide bonds. The lowest BCUT2D eigenvalue weighted by atomic mass is 10.0. The molecule has 6 nitrogen and oxygen atoms in total.